The molecule has 5 aromatic rings. The Hall–Kier alpha value is -6.00. The van der Waals surface area contributed by atoms with Gasteiger partial charge in [-0.15, -0.1) is 0 Å². The first-order valence-corrected chi connectivity index (χ1v) is 18.7. The van der Waals surface area contributed by atoms with Crippen LogP contribution in [0, 0.1) is 0 Å². The smallest absolute Gasteiger partial charge is 0.407 e. The van der Waals surface area contributed by atoms with E-state index in [1.54, 1.807) is 16.0 Å². The molecular formula is C40H46N8O8. The SMILES string of the molecule is COC(=O)N[C@H](C(=O)N1CCC[C@H]1c1ncc(-c2ccc3cc(-c4ccc5nc([C@@H]6CCCN6C(=O)[C@@H](NC(=O)OC)[C@@H](C)O)[nH]c5c4)ccc3c2)[nH]1)[C@@H](C)O. The van der Waals surface area contributed by atoms with E-state index in [0.29, 0.717) is 37.6 Å². The average Bonchev–Trinajstić information content (AvgIpc) is 4.03. The Bertz CT molecular complexity index is 2270. The zero-order valence-electron chi connectivity index (χ0n) is 31.6. The van der Waals surface area contributed by atoms with E-state index in [1.165, 1.54) is 28.1 Å². The topological polar surface area (TPSA) is 215 Å². The number of nitrogens with one attached hydrogen (secondary N) is 4. The summed E-state index contributed by atoms with van der Waals surface area (Å²) in [4.78, 5) is 70.2. The van der Waals surface area contributed by atoms with Crippen LogP contribution in [0.25, 0.3) is 44.2 Å². The zero-order chi connectivity index (χ0) is 39.7. The number of aliphatic hydroxyl groups excluding tert-OH is 2. The van der Waals surface area contributed by atoms with Gasteiger partial charge in [-0.2, -0.15) is 0 Å². The fourth-order valence-corrected chi connectivity index (χ4v) is 7.75. The minimum Gasteiger partial charge on any atom is -0.453 e. The second-order valence-electron chi connectivity index (χ2n) is 14.4. The molecule has 0 radical (unpaired) electrons. The molecule has 4 amide bonds. The van der Waals surface area contributed by atoms with Gasteiger partial charge in [0.25, 0.3) is 0 Å². The van der Waals surface area contributed by atoms with Gasteiger partial charge < -0.3 is 50.1 Å². The van der Waals surface area contributed by atoms with Gasteiger partial charge in [-0.25, -0.2) is 19.6 Å². The summed E-state index contributed by atoms with van der Waals surface area (Å²) in [5.74, 6) is 0.481. The van der Waals surface area contributed by atoms with Crippen molar-refractivity contribution in [2.45, 2.75) is 75.9 Å². The molecule has 2 aliphatic rings. The predicted molar refractivity (Wildman–Crippen MR) is 206 cm³/mol. The molecule has 0 saturated carbocycles. The number of aromatic nitrogens is 4. The first kappa shape index (κ1) is 38.3. The molecule has 0 aliphatic carbocycles. The van der Waals surface area contributed by atoms with E-state index in [-0.39, 0.29) is 12.1 Å². The van der Waals surface area contributed by atoms with Crippen LogP contribution in [-0.4, -0.2) is 116 Å². The lowest BCUT2D eigenvalue weighted by atomic mass is 9.99. The van der Waals surface area contributed by atoms with E-state index >= 15 is 0 Å². The van der Waals surface area contributed by atoms with E-state index < -0.39 is 48.3 Å². The van der Waals surface area contributed by atoms with E-state index in [4.69, 9.17) is 4.98 Å². The number of amides is 4. The third-order valence-electron chi connectivity index (χ3n) is 10.7. The molecule has 2 fully saturated rings. The molecule has 16 heteroatoms. The highest BCUT2D eigenvalue weighted by Gasteiger charge is 2.39. The van der Waals surface area contributed by atoms with Gasteiger partial charge in [0.2, 0.25) is 11.8 Å². The van der Waals surface area contributed by atoms with Crippen molar-refractivity contribution < 1.29 is 38.9 Å². The maximum Gasteiger partial charge on any atom is 0.407 e. The van der Waals surface area contributed by atoms with Gasteiger partial charge in [0, 0.05) is 18.7 Å². The van der Waals surface area contributed by atoms with E-state index in [9.17, 15) is 29.4 Å². The number of alkyl carbamates (subject to hydrolysis) is 2. The highest BCUT2D eigenvalue weighted by atomic mass is 16.5. The van der Waals surface area contributed by atoms with Gasteiger partial charge >= 0.3 is 12.2 Å². The number of aliphatic hydroxyl groups is 2. The highest BCUT2D eigenvalue weighted by molar-refractivity contribution is 5.92. The van der Waals surface area contributed by atoms with Crippen molar-refractivity contribution in [3.63, 3.8) is 0 Å². The molecule has 7 rings (SSSR count). The van der Waals surface area contributed by atoms with Crippen molar-refractivity contribution in [3.05, 3.63) is 72.4 Å². The van der Waals surface area contributed by atoms with Crippen LogP contribution in [-0.2, 0) is 19.1 Å². The van der Waals surface area contributed by atoms with Crippen molar-refractivity contribution >= 4 is 45.8 Å². The number of ether oxygens (including phenoxy) is 2. The minimum absolute atomic E-state index is 0.333. The summed E-state index contributed by atoms with van der Waals surface area (Å²) < 4.78 is 9.30. The third-order valence-corrected chi connectivity index (χ3v) is 10.7. The standard InChI is InChI=1S/C40H46N8O8/c1-21(49)33(45-39(53)55-3)37(51)47-15-5-7-31(47)35-41-20-30(44-35)27-12-11-23-17-24(9-10-25(23)18-27)26-13-14-28-29(19-26)43-36(42-28)32-8-6-16-48(32)38(52)34(22(2)50)46-40(54)56-4/h9-14,17-22,31-34,49-50H,5-8,15-16H2,1-4H3,(H,41,44)(H,42,43)(H,45,53)(H,46,54)/t21-,22-,31+,32+,33+,34+/m1/s1. The summed E-state index contributed by atoms with van der Waals surface area (Å²) in [6.45, 7) is 3.85. The lowest BCUT2D eigenvalue weighted by Crippen LogP contribution is -2.53. The molecule has 4 heterocycles. The van der Waals surface area contributed by atoms with Crippen molar-refractivity contribution in [2.75, 3.05) is 27.3 Å². The van der Waals surface area contributed by atoms with Crippen LogP contribution in [0.5, 0.6) is 0 Å². The van der Waals surface area contributed by atoms with Crippen LogP contribution >= 0.6 is 0 Å². The summed E-state index contributed by atoms with van der Waals surface area (Å²) in [6.07, 6.45) is 0.836. The second-order valence-corrected chi connectivity index (χ2v) is 14.4. The number of methoxy groups -OCH3 is 2. The maximum atomic E-state index is 13.5. The molecule has 3 aromatic carbocycles. The molecule has 6 N–H and O–H groups in total. The Kier molecular flexibility index (Phi) is 10.9. The molecular weight excluding hydrogens is 720 g/mol. The van der Waals surface area contributed by atoms with Crippen molar-refractivity contribution in [1.29, 1.82) is 0 Å². The molecule has 6 atom stereocenters. The second kappa shape index (κ2) is 16.0. The van der Waals surface area contributed by atoms with E-state index in [2.05, 4.69) is 65.4 Å². The fraction of sp³-hybridized carbons (Fsp3) is 0.400. The number of nitrogens with zero attached hydrogens (tertiary/aromatic N) is 4. The van der Waals surface area contributed by atoms with Gasteiger partial charge in [0.15, 0.2) is 0 Å². The summed E-state index contributed by atoms with van der Waals surface area (Å²) >= 11 is 0. The number of H-pyrrole nitrogens is 2. The molecule has 16 nitrogen and oxygen atoms in total. The highest BCUT2D eigenvalue weighted by Crippen LogP contribution is 2.35. The van der Waals surface area contributed by atoms with Crippen LogP contribution in [0.3, 0.4) is 0 Å². The maximum absolute atomic E-state index is 13.5. The fourth-order valence-electron chi connectivity index (χ4n) is 7.75. The van der Waals surface area contributed by atoms with E-state index in [0.717, 1.165) is 57.0 Å². The molecule has 56 heavy (non-hydrogen) atoms. The van der Waals surface area contributed by atoms with Crippen LogP contribution in [0.2, 0.25) is 0 Å². The van der Waals surface area contributed by atoms with Crippen molar-refractivity contribution in [3.8, 4) is 22.4 Å². The van der Waals surface area contributed by atoms with Gasteiger partial charge in [-0.05, 0) is 85.7 Å². The Morgan fingerprint density at radius 2 is 1.25 bits per heavy atom. The largest absolute Gasteiger partial charge is 0.453 e. The number of benzene rings is 3. The Morgan fingerprint density at radius 1 is 0.732 bits per heavy atom. The van der Waals surface area contributed by atoms with Crippen molar-refractivity contribution in [1.82, 2.24) is 40.4 Å². The summed E-state index contributed by atoms with van der Waals surface area (Å²) in [7, 11) is 2.41. The Balaban J connectivity index is 1.07. The van der Waals surface area contributed by atoms with Crippen LogP contribution in [0.15, 0.2) is 60.8 Å². The number of likely N-dealkylation sites (tertiary alicyclic amines) is 2. The monoisotopic (exact) mass is 766 g/mol. The third kappa shape index (κ3) is 7.62. The van der Waals surface area contributed by atoms with Crippen LogP contribution < -0.4 is 10.6 Å². The van der Waals surface area contributed by atoms with Crippen molar-refractivity contribution in [2.24, 2.45) is 0 Å². The number of imidazole rings is 2. The van der Waals surface area contributed by atoms with Gasteiger partial charge in [-0.1, -0.05) is 30.3 Å². The normalized spacial score (nSPS) is 19.1. The molecule has 0 bridgehead atoms. The summed E-state index contributed by atoms with van der Waals surface area (Å²) in [5.41, 5.74) is 5.32. The summed E-state index contributed by atoms with van der Waals surface area (Å²) in [5, 5.41) is 27.5. The molecule has 2 aromatic heterocycles. The number of aromatic amines is 2. The molecule has 2 aliphatic heterocycles. The number of hydrogen-bond acceptors (Lipinski definition) is 10. The first-order valence-electron chi connectivity index (χ1n) is 18.7. The predicted octanol–water partition coefficient (Wildman–Crippen LogP) is 4.31. The quantitative estimate of drug-likeness (QED) is 0.118. The number of fused-ring (bicyclic) bond motifs is 2. The Morgan fingerprint density at radius 3 is 1.82 bits per heavy atom. The number of hydrogen-bond donors (Lipinski definition) is 6. The zero-order valence-corrected chi connectivity index (χ0v) is 31.6. The lowest BCUT2D eigenvalue weighted by Gasteiger charge is -2.29. The van der Waals surface area contributed by atoms with Crippen LogP contribution in [0.1, 0.15) is 63.3 Å². The van der Waals surface area contributed by atoms with Gasteiger partial charge in [0.1, 0.15) is 23.7 Å². The lowest BCUT2D eigenvalue weighted by molar-refractivity contribution is -0.137. The molecule has 0 unspecified atom stereocenters. The van der Waals surface area contributed by atoms with Crippen LogP contribution in [0.4, 0.5) is 9.59 Å². The number of carbonyl (C=O) groups is 4. The average molecular weight is 767 g/mol. The van der Waals surface area contributed by atoms with E-state index in [1.807, 2.05) is 24.3 Å². The number of rotatable bonds is 10. The van der Waals surface area contributed by atoms with Gasteiger partial charge in [-0.3, -0.25) is 9.59 Å². The van der Waals surface area contributed by atoms with Gasteiger partial charge in [0.05, 0.1) is 61.4 Å². The summed E-state index contributed by atoms with van der Waals surface area (Å²) in [6, 6.07) is 15.5. The number of carbonyl (C=O) groups excluding carboxylic acids is 4. The molecule has 2 saturated heterocycles. The minimum atomic E-state index is -1.14. The molecule has 294 valence electrons. The Labute approximate surface area is 322 Å². The molecule has 0 spiro atoms. The first-order chi connectivity index (χ1) is 26.9.